The molecule has 0 aromatic heterocycles. The molecule has 0 aromatic rings. The lowest BCUT2D eigenvalue weighted by molar-refractivity contribution is -0.169. The number of hydrogen-bond donors (Lipinski definition) is 0. The second kappa shape index (κ2) is 50.7. The zero-order valence-electron chi connectivity index (χ0n) is 43.5. The van der Waals surface area contributed by atoms with E-state index in [0.29, 0.717) is 32.3 Å². The Labute approximate surface area is 402 Å². The molecule has 0 saturated carbocycles. The number of ether oxygens (including phenoxy) is 3. The summed E-state index contributed by atoms with van der Waals surface area (Å²) in [6.45, 7) is 7.90. The van der Waals surface area contributed by atoms with Gasteiger partial charge in [-0.25, -0.2) is 0 Å². The van der Waals surface area contributed by atoms with Crippen LogP contribution in [0.1, 0.15) is 265 Å². The number of nitrogens with zero attached hydrogens (tertiary/aromatic N) is 1. The van der Waals surface area contributed by atoms with Crippen LogP contribution < -0.4 is 0 Å². The Hall–Kier alpha value is -2.67. The van der Waals surface area contributed by atoms with E-state index in [0.717, 1.165) is 122 Å². The van der Waals surface area contributed by atoms with Gasteiger partial charge in [-0.1, -0.05) is 185 Å². The van der Waals surface area contributed by atoms with Gasteiger partial charge in [0, 0.05) is 25.8 Å². The van der Waals surface area contributed by atoms with Crippen LogP contribution in [0.25, 0.3) is 0 Å². The number of unbranched alkanes of at least 4 members (excludes halogenated alkanes) is 25. The van der Waals surface area contributed by atoms with Crippen LogP contribution in [0, 0.1) is 0 Å². The van der Waals surface area contributed by atoms with E-state index in [1.807, 2.05) is 19.0 Å². The molecule has 7 heteroatoms. The summed E-state index contributed by atoms with van der Waals surface area (Å²) in [6, 6.07) is 0. The highest BCUT2D eigenvalue weighted by Crippen LogP contribution is 2.23. The Bertz CT molecular complexity index is 1170. The van der Waals surface area contributed by atoms with E-state index in [-0.39, 0.29) is 17.9 Å². The van der Waals surface area contributed by atoms with E-state index < -0.39 is 12.2 Å². The molecule has 0 N–H and O–H groups in total. The van der Waals surface area contributed by atoms with E-state index >= 15 is 0 Å². The lowest BCUT2D eigenvalue weighted by Gasteiger charge is -2.27. The molecular formula is C58H105NO6. The Morgan fingerprint density at radius 2 is 0.692 bits per heavy atom. The van der Waals surface area contributed by atoms with Gasteiger partial charge in [-0.05, 0) is 123 Å². The predicted molar refractivity (Wildman–Crippen MR) is 278 cm³/mol. The minimum Gasteiger partial charge on any atom is -0.464 e. The molecule has 0 aliphatic carbocycles. The molecule has 0 spiro atoms. The molecule has 2 atom stereocenters. The zero-order valence-corrected chi connectivity index (χ0v) is 43.5. The van der Waals surface area contributed by atoms with Gasteiger partial charge < -0.3 is 19.1 Å². The summed E-state index contributed by atoms with van der Waals surface area (Å²) < 4.78 is 17.9. The van der Waals surface area contributed by atoms with Crippen molar-refractivity contribution in [2.45, 2.75) is 277 Å². The summed E-state index contributed by atoms with van der Waals surface area (Å²) in [5, 5.41) is 0. The lowest BCUT2D eigenvalue weighted by atomic mass is 9.99. The van der Waals surface area contributed by atoms with Gasteiger partial charge in [-0.3, -0.25) is 14.4 Å². The van der Waals surface area contributed by atoms with Crippen molar-refractivity contribution < 1.29 is 28.6 Å². The summed E-state index contributed by atoms with van der Waals surface area (Å²) >= 11 is 0. The first-order valence-electron chi connectivity index (χ1n) is 27.6. The van der Waals surface area contributed by atoms with Gasteiger partial charge in [0.15, 0.2) is 0 Å². The quantitative estimate of drug-likeness (QED) is 0.0260. The number of likely N-dealkylation sites (N-methyl/N-ethyl adjacent to an activating group) is 1. The van der Waals surface area contributed by atoms with Gasteiger partial charge in [0.1, 0.15) is 18.8 Å². The second-order valence-corrected chi connectivity index (χ2v) is 18.9. The van der Waals surface area contributed by atoms with Crippen LogP contribution in [0.4, 0.5) is 0 Å². The number of carbonyl (C=O) groups excluding carboxylic acids is 3. The van der Waals surface area contributed by atoms with Crippen LogP contribution in [-0.4, -0.2) is 62.3 Å². The molecule has 0 aliphatic heterocycles. The van der Waals surface area contributed by atoms with E-state index in [1.165, 1.54) is 103 Å². The third-order valence-corrected chi connectivity index (χ3v) is 12.2. The molecule has 0 amide bonds. The molecule has 0 fully saturated rings. The van der Waals surface area contributed by atoms with Crippen molar-refractivity contribution in [1.29, 1.82) is 0 Å². The first-order chi connectivity index (χ1) is 31.8. The second-order valence-electron chi connectivity index (χ2n) is 18.9. The maximum atomic E-state index is 13.4. The smallest absolute Gasteiger partial charge is 0.306 e. The van der Waals surface area contributed by atoms with Crippen LogP contribution in [0.15, 0.2) is 48.6 Å². The predicted octanol–water partition coefficient (Wildman–Crippen LogP) is 17.0. The molecule has 0 aromatic carbocycles. The van der Waals surface area contributed by atoms with Crippen molar-refractivity contribution in [3.63, 3.8) is 0 Å². The number of carbonyl (C=O) groups is 3. The summed E-state index contributed by atoms with van der Waals surface area (Å²) in [5.41, 5.74) is 0. The Kier molecular flexibility index (Phi) is 48.7. The summed E-state index contributed by atoms with van der Waals surface area (Å²) in [7, 11) is 3.94. The number of rotatable bonds is 49. The van der Waals surface area contributed by atoms with Gasteiger partial charge in [0.2, 0.25) is 0 Å². The topological polar surface area (TPSA) is 82.1 Å². The van der Waals surface area contributed by atoms with Crippen molar-refractivity contribution in [2.75, 3.05) is 27.2 Å². The van der Waals surface area contributed by atoms with Gasteiger partial charge in [0.05, 0.1) is 0 Å². The Morgan fingerprint density at radius 3 is 1.08 bits per heavy atom. The largest absolute Gasteiger partial charge is 0.464 e. The molecule has 0 aliphatic rings. The van der Waals surface area contributed by atoms with Crippen molar-refractivity contribution in [2.24, 2.45) is 0 Å². The van der Waals surface area contributed by atoms with E-state index in [2.05, 4.69) is 69.4 Å². The fraction of sp³-hybridized carbons (Fsp3) is 0.810. The standard InChI is InChI=1S/C58H105NO6/c1-6-9-12-15-18-20-22-24-26-28-30-32-34-39-45-50-57(61)64-54(47-42-37-17-14-11-8-3)55(48-43-38-36-41-44-49-56(60)63-53-52-59(4)5)65-58(62)51-46-40-35-33-31-29-27-25-23-21-19-16-13-10-7-2/h18-21,24-27,54-55H,6-17,22-23,28-53H2,1-5H3/b20-18-,21-19-,26-24-,27-25-/t54-,55+/m0/s1. The van der Waals surface area contributed by atoms with E-state index in [4.69, 9.17) is 14.2 Å². The van der Waals surface area contributed by atoms with E-state index in [9.17, 15) is 14.4 Å². The first kappa shape index (κ1) is 62.3. The molecule has 0 unspecified atom stereocenters. The molecule has 0 bridgehead atoms. The Balaban J connectivity index is 5.09. The highest BCUT2D eigenvalue weighted by molar-refractivity contribution is 5.70. The minimum atomic E-state index is -0.420. The van der Waals surface area contributed by atoms with Gasteiger partial charge in [-0.15, -0.1) is 0 Å². The SMILES string of the molecule is CCCCC/C=C\C/C=C\CCCCCCCC(=O)O[C@@H](CCCCCCCC)[C@@H](CCCCCCCC(=O)OCCN(C)C)OC(=O)CCCCCCC/C=C\C/C=C\CCCCC. The van der Waals surface area contributed by atoms with Gasteiger partial charge in [0.25, 0.3) is 0 Å². The van der Waals surface area contributed by atoms with Gasteiger partial charge >= 0.3 is 17.9 Å². The monoisotopic (exact) mass is 912 g/mol. The number of esters is 3. The van der Waals surface area contributed by atoms with Crippen LogP contribution in [0.5, 0.6) is 0 Å². The third-order valence-electron chi connectivity index (χ3n) is 12.2. The third kappa shape index (κ3) is 47.6. The van der Waals surface area contributed by atoms with Crippen molar-refractivity contribution in [1.82, 2.24) is 4.90 Å². The maximum Gasteiger partial charge on any atom is 0.306 e. The zero-order chi connectivity index (χ0) is 47.5. The number of allylic oxidation sites excluding steroid dienone is 8. The minimum absolute atomic E-state index is 0.123. The first-order valence-corrected chi connectivity index (χ1v) is 27.6. The molecule has 0 heterocycles. The molecule has 65 heavy (non-hydrogen) atoms. The molecule has 378 valence electrons. The van der Waals surface area contributed by atoms with Crippen LogP contribution >= 0.6 is 0 Å². The molecule has 0 radical (unpaired) electrons. The van der Waals surface area contributed by atoms with Crippen LogP contribution in [0.2, 0.25) is 0 Å². The normalized spacial score (nSPS) is 13.0. The molecule has 0 rings (SSSR count). The number of hydrogen-bond acceptors (Lipinski definition) is 7. The van der Waals surface area contributed by atoms with Gasteiger partial charge in [-0.2, -0.15) is 0 Å². The highest BCUT2D eigenvalue weighted by Gasteiger charge is 2.28. The van der Waals surface area contributed by atoms with Crippen LogP contribution in [-0.2, 0) is 28.6 Å². The average molecular weight is 912 g/mol. The van der Waals surface area contributed by atoms with Crippen molar-refractivity contribution >= 4 is 17.9 Å². The molecule has 0 saturated heterocycles. The van der Waals surface area contributed by atoms with Crippen LogP contribution in [0.3, 0.4) is 0 Å². The fourth-order valence-corrected chi connectivity index (χ4v) is 7.94. The lowest BCUT2D eigenvalue weighted by Crippen LogP contribution is -2.35. The summed E-state index contributed by atoms with van der Waals surface area (Å²) in [5.74, 6) is -0.438. The highest BCUT2D eigenvalue weighted by atomic mass is 16.6. The molecule has 7 nitrogen and oxygen atoms in total. The Morgan fingerprint density at radius 1 is 0.385 bits per heavy atom. The summed E-state index contributed by atoms with van der Waals surface area (Å²) in [6.07, 6.45) is 57.0. The molecular weight excluding hydrogens is 807 g/mol. The average Bonchev–Trinajstić information content (AvgIpc) is 3.28. The van der Waals surface area contributed by atoms with E-state index in [1.54, 1.807) is 0 Å². The maximum absolute atomic E-state index is 13.4. The fourth-order valence-electron chi connectivity index (χ4n) is 7.94. The van der Waals surface area contributed by atoms with Crippen molar-refractivity contribution in [3.05, 3.63) is 48.6 Å². The van der Waals surface area contributed by atoms with Crippen molar-refractivity contribution in [3.8, 4) is 0 Å². The summed E-state index contributed by atoms with van der Waals surface area (Å²) in [4.78, 5) is 40.9.